The molecule has 0 unspecified atom stereocenters. The summed E-state index contributed by atoms with van der Waals surface area (Å²) in [5.41, 5.74) is 3.54. The first-order chi connectivity index (χ1) is 10.3. The predicted octanol–water partition coefficient (Wildman–Crippen LogP) is 0.0654. The number of rotatable bonds is 4. The number of Topliss-reactive ketones (excluding diaryl/α,β-unsaturated/α-hetero) is 1. The van der Waals surface area contributed by atoms with Crippen LogP contribution in [0.4, 0.5) is 5.82 Å². The molecule has 2 aromatic heterocycles. The molecule has 0 aliphatic heterocycles. The van der Waals surface area contributed by atoms with Crippen LogP contribution in [0.2, 0.25) is 0 Å². The van der Waals surface area contributed by atoms with Gasteiger partial charge in [-0.05, 0) is 19.1 Å². The first-order valence-electron chi connectivity index (χ1n) is 6.16. The van der Waals surface area contributed by atoms with Gasteiger partial charge in [-0.3, -0.25) is 19.1 Å². The molecule has 8 nitrogen and oxygen atoms in total. The smallest absolute Gasteiger partial charge is 0.348 e. The number of nitrogens with two attached hydrogens (primary N) is 1. The SMILES string of the molecule is Cc1ccc(C(=O)OCC(=O)c2c(N)n(C)c(=O)[nH]c2=O)s1. The maximum Gasteiger partial charge on any atom is 0.348 e. The lowest BCUT2D eigenvalue weighted by Gasteiger charge is -2.07. The van der Waals surface area contributed by atoms with Crippen LogP contribution in [0.1, 0.15) is 24.9 Å². The Morgan fingerprint density at radius 2 is 2.05 bits per heavy atom. The molecule has 0 bridgehead atoms. The number of thiophene rings is 1. The van der Waals surface area contributed by atoms with Crippen molar-refractivity contribution in [2.24, 2.45) is 7.05 Å². The number of hydrogen-bond acceptors (Lipinski definition) is 7. The molecule has 0 spiro atoms. The second kappa shape index (κ2) is 5.98. The molecule has 0 radical (unpaired) electrons. The molecule has 116 valence electrons. The highest BCUT2D eigenvalue weighted by molar-refractivity contribution is 7.13. The summed E-state index contributed by atoms with van der Waals surface area (Å²) in [6, 6.07) is 3.33. The van der Waals surface area contributed by atoms with Crippen LogP contribution in [0.3, 0.4) is 0 Å². The zero-order valence-electron chi connectivity index (χ0n) is 11.8. The number of ether oxygens (including phenoxy) is 1. The molecule has 0 aliphatic carbocycles. The maximum atomic E-state index is 12.0. The third kappa shape index (κ3) is 2.98. The summed E-state index contributed by atoms with van der Waals surface area (Å²) in [7, 11) is 1.31. The number of aromatic amines is 1. The topological polar surface area (TPSA) is 124 Å². The van der Waals surface area contributed by atoms with Crippen LogP contribution in [0.25, 0.3) is 0 Å². The van der Waals surface area contributed by atoms with E-state index in [1.54, 1.807) is 12.1 Å². The largest absolute Gasteiger partial charge is 0.453 e. The highest BCUT2D eigenvalue weighted by atomic mass is 32.1. The summed E-state index contributed by atoms with van der Waals surface area (Å²) in [6.07, 6.45) is 0. The zero-order chi connectivity index (χ0) is 16.4. The van der Waals surface area contributed by atoms with Crippen molar-refractivity contribution in [3.63, 3.8) is 0 Å². The van der Waals surface area contributed by atoms with Crippen molar-refractivity contribution in [2.45, 2.75) is 6.92 Å². The minimum Gasteiger partial charge on any atom is -0.453 e. The van der Waals surface area contributed by atoms with Gasteiger partial charge in [0.15, 0.2) is 6.61 Å². The highest BCUT2D eigenvalue weighted by Gasteiger charge is 2.20. The first kappa shape index (κ1) is 15.7. The summed E-state index contributed by atoms with van der Waals surface area (Å²) >= 11 is 1.23. The monoisotopic (exact) mass is 323 g/mol. The standard InChI is InChI=1S/C13H13N3O5S/c1-6-3-4-8(22-6)12(19)21-5-7(17)9-10(14)16(2)13(20)15-11(9)18/h3-4H,5,14H2,1-2H3,(H,15,18,20). The Balaban J connectivity index is 2.17. The lowest BCUT2D eigenvalue weighted by atomic mass is 10.2. The van der Waals surface area contributed by atoms with E-state index < -0.39 is 35.2 Å². The molecule has 2 rings (SSSR count). The third-order valence-corrected chi connectivity index (χ3v) is 3.91. The Morgan fingerprint density at radius 3 is 2.64 bits per heavy atom. The Morgan fingerprint density at radius 1 is 1.36 bits per heavy atom. The van der Waals surface area contributed by atoms with Crippen molar-refractivity contribution in [3.05, 3.63) is 48.3 Å². The predicted molar refractivity (Wildman–Crippen MR) is 80.4 cm³/mol. The van der Waals surface area contributed by atoms with Crippen molar-refractivity contribution < 1.29 is 14.3 Å². The summed E-state index contributed by atoms with van der Waals surface area (Å²) in [6.45, 7) is 1.19. The summed E-state index contributed by atoms with van der Waals surface area (Å²) in [4.78, 5) is 50.0. The number of aryl methyl sites for hydroxylation is 1. The normalized spacial score (nSPS) is 10.5. The van der Waals surface area contributed by atoms with E-state index in [1.165, 1.54) is 18.4 Å². The molecule has 2 heterocycles. The van der Waals surface area contributed by atoms with Gasteiger partial charge in [-0.2, -0.15) is 0 Å². The van der Waals surface area contributed by atoms with Gasteiger partial charge in [0.1, 0.15) is 16.3 Å². The average Bonchev–Trinajstić information content (AvgIpc) is 2.89. The number of hydrogen-bond donors (Lipinski definition) is 2. The number of anilines is 1. The molecule has 0 atom stereocenters. The Labute approximate surface area is 128 Å². The highest BCUT2D eigenvalue weighted by Crippen LogP contribution is 2.16. The second-order valence-corrected chi connectivity index (χ2v) is 5.78. The molecule has 3 N–H and O–H groups in total. The van der Waals surface area contributed by atoms with Gasteiger partial charge in [-0.1, -0.05) is 0 Å². The summed E-state index contributed by atoms with van der Waals surface area (Å²) in [5.74, 6) is -1.72. The number of carbonyl (C=O) groups excluding carboxylic acids is 2. The number of nitrogens with zero attached hydrogens (tertiary/aromatic N) is 1. The molecule has 0 amide bonds. The van der Waals surface area contributed by atoms with Crippen LogP contribution in [0.15, 0.2) is 21.7 Å². The summed E-state index contributed by atoms with van der Waals surface area (Å²) < 4.78 is 5.79. The lowest BCUT2D eigenvalue weighted by molar-refractivity contribution is 0.0479. The van der Waals surface area contributed by atoms with Gasteiger partial charge < -0.3 is 10.5 Å². The lowest BCUT2D eigenvalue weighted by Crippen LogP contribution is -2.35. The van der Waals surface area contributed by atoms with Gasteiger partial charge in [0.2, 0.25) is 5.78 Å². The fraction of sp³-hybridized carbons (Fsp3) is 0.231. The van der Waals surface area contributed by atoms with E-state index in [0.717, 1.165) is 9.44 Å². The zero-order valence-corrected chi connectivity index (χ0v) is 12.7. The Kier molecular flexibility index (Phi) is 4.27. The molecule has 9 heteroatoms. The van der Waals surface area contributed by atoms with Crippen LogP contribution in [0, 0.1) is 6.92 Å². The van der Waals surface area contributed by atoms with E-state index in [-0.39, 0.29) is 5.82 Å². The number of H-pyrrole nitrogens is 1. The van der Waals surface area contributed by atoms with E-state index in [9.17, 15) is 19.2 Å². The molecular weight excluding hydrogens is 310 g/mol. The van der Waals surface area contributed by atoms with Gasteiger partial charge in [0, 0.05) is 11.9 Å². The van der Waals surface area contributed by atoms with E-state index >= 15 is 0 Å². The van der Waals surface area contributed by atoms with E-state index in [0.29, 0.717) is 4.88 Å². The van der Waals surface area contributed by atoms with Crippen LogP contribution in [-0.4, -0.2) is 27.9 Å². The van der Waals surface area contributed by atoms with Crippen molar-refractivity contribution >= 4 is 28.9 Å². The molecular formula is C13H13N3O5S. The summed E-state index contributed by atoms with van der Waals surface area (Å²) in [5, 5.41) is 0. The molecule has 0 saturated heterocycles. The molecule has 0 fully saturated rings. The van der Waals surface area contributed by atoms with E-state index in [2.05, 4.69) is 0 Å². The van der Waals surface area contributed by atoms with E-state index in [1.807, 2.05) is 11.9 Å². The van der Waals surface area contributed by atoms with Crippen molar-refractivity contribution in [3.8, 4) is 0 Å². The number of ketones is 1. The number of nitrogen functional groups attached to an aromatic ring is 1. The van der Waals surface area contributed by atoms with Crippen LogP contribution in [-0.2, 0) is 11.8 Å². The molecule has 0 aromatic carbocycles. The van der Waals surface area contributed by atoms with Gasteiger partial charge in [-0.25, -0.2) is 9.59 Å². The van der Waals surface area contributed by atoms with Crippen molar-refractivity contribution in [2.75, 3.05) is 12.3 Å². The Hall–Kier alpha value is -2.68. The van der Waals surface area contributed by atoms with Gasteiger partial charge >= 0.3 is 11.7 Å². The van der Waals surface area contributed by atoms with Gasteiger partial charge in [-0.15, -0.1) is 11.3 Å². The van der Waals surface area contributed by atoms with Crippen molar-refractivity contribution in [1.29, 1.82) is 0 Å². The molecule has 2 aromatic rings. The number of carbonyl (C=O) groups is 2. The molecule has 0 saturated carbocycles. The fourth-order valence-electron chi connectivity index (χ4n) is 1.72. The first-order valence-corrected chi connectivity index (χ1v) is 6.98. The minimum absolute atomic E-state index is 0.276. The number of esters is 1. The minimum atomic E-state index is -0.909. The maximum absolute atomic E-state index is 12.0. The van der Waals surface area contributed by atoms with Crippen LogP contribution in [0.5, 0.6) is 0 Å². The fourth-order valence-corrected chi connectivity index (χ4v) is 2.49. The van der Waals surface area contributed by atoms with Crippen LogP contribution >= 0.6 is 11.3 Å². The second-order valence-electron chi connectivity index (χ2n) is 4.49. The van der Waals surface area contributed by atoms with E-state index in [4.69, 9.17) is 10.5 Å². The van der Waals surface area contributed by atoms with Crippen molar-refractivity contribution in [1.82, 2.24) is 9.55 Å². The van der Waals surface area contributed by atoms with Crippen LogP contribution < -0.4 is 17.0 Å². The molecule has 22 heavy (non-hydrogen) atoms. The van der Waals surface area contributed by atoms with Gasteiger partial charge in [0.05, 0.1) is 0 Å². The Bertz CT molecular complexity index is 861. The number of aromatic nitrogens is 2. The third-order valence-electron chi connectivity index (χ3n) is 2.92. The molecule has 0 aliphatic rings. The quantitative estimate of drug-likeness (QED) is 0.606. The average molecular weight is 323 g/mol. The number of nitrogens with one attached hydrogen (secondary N) is 1. The van der Waals surface area contributed by atoms with Gasteiger partial charge in [0.25, 0.3) is 5.56 Å².